The summed E-state index contributed by atoms with van der Waals surface area (Å²) < 4.78 is 0. The Labute approximate surface area is 105 Å². The fourth-order valence-electron chi connectivity index (χ4n) is 1.10. The van der Waals surface area contributed by atoms with Crippen LogP contribution in [0, 0.1) is 0 Å². The highest BCUT2D eigenvalue weighted by atomic mass is 32.1. The lowest BCUT2D eigenvalue weighted by Crippen LogP contribution is -2.39. The molecule has 17 heavy (non-hydrogen) atoms. The van der Waals surface area contributed by atoms with Crippen molar-refractivity contribution in [3.05, 3.63) is 29.8 Å². The molecule has 5 nitrogen and oxygen atoms in total. The summed E-state index contributed by atoms with van der Waals surface area (Å²) in [5.74, 6) is -1.19. The molecule has 1 rings (SSSR count). The Morgan fingerprint density at radius 3 is 2.53 bits per heavy atom. The largest absolute Gasteiger partial charge is 0.545 e. The maximum absolute atomic E-state index is 10.5. The lowest BCUT2D eigenvalue weighted by Gasteiger charge is -2.12. The van der Waals surface area contributed by atoms with Gasteiger partial charge in [0.2, 0.25) is 0 Å². The van der Waals surface area contributed by atoms with Gasteiger partial charge >= 0.3 is 0 Å². The van der Waals surface area contributed by atoms with Gasteiger partial charge in [0, 0.05) is 6.54 Å². The van der Waals surface area contributed by atoms with Crippen LogP contribution >= 0.6 is 12.2 Å². The molecule has 0 bridgehead atoms. The predicted molar refractivity (Wildman–Crippen MR) is 68.4 cm³/mol. The van der Waals surface area contributed by atoms with Crippen LogP contribution in [0.5, 0.6) is 0 Å². The van der Waals surface area contributed by atoms with Crippen molar-refractivity contribution in [3.8, 4) is 0 Å². The van der Waals surface area contributed by atoms with Gasteiger partial charge in [-0.15, -0.1) is 0 Å². The van der Waals surface area contributed by atoms with Gasteiger partial charge in [0.15, 0.2) is 5.11 Å². The standard InChI is InChI=1S/C11H15N3O2S/c1-2-7-12-11(17)14-13-9-5-3-8(4-6-9)10(15)16/h3-6,13H,2,7H2,1H3,(H,15,16)(H2,12,14,17)/p-1. The van der Waals surface area contributed by atoms with Crippen LogP contribution in [-0.2, 0) is 0 Å². The maximum atomic E-state index is 10.5. The first-order valence-electron chi connectivity index (χ1n) is 5.24. The van der Waals surface area contributed by atoms with Gasteiger partial charge in [0.25, 0.3) is 0 Å². The Balaban J connectivity index is 2.42. The highest BCUT2D eigenvalue weighted by Crippen LogP contribution is 2.07. The second kappa shape index (κ2) is 6.70. The molecule has 0 saturated carbocycles. The van der Waals surface area contributed by atoms with Gasteiger partial charge in [0.1, 0.15) is 0 Å². The molecule has 0 unspecified atom stereocenters. The molecule has 0 aliphatic heterocycles. The molecule has 0 heterocycles. The number of rotatable bonds is 5. The molecule has 0 spiro atoms. The highest BCUT2D eigenvalue weighted by Gasteiger charge is 1.96. The zero-order valence-corrected chi connectivity index (χ0v) is 10.3. The number of nitrogens with one attached hydrogen (secondary N) is 3. The minimum absolute atomic E-state index is 0.141. The van der Waals surface area contributed by atoms with Gasteiger partial charge in [-0.1, -0.05) is 19.1 Å². The van der Waals surface area contributed by atoms with Crippen molar-refractivity contribution >= 4 is 29.0 Å². The molecule has 0 amide bonds. The van der Waals surface area contributed by atoms with E-state index in [1.54, 1.807) is 12.1 Å². The highest BCUT2D eigenvalue weighted by molar-refractivity contribution is 7.80. The van der Waals surface area contributed by atoms with Crippen molar-refractivity contribution in [1.82, 2.24) is 10.7 Å². The lowest BCUT2D eigenvalue weighted by atomic mass is 10.2. The molecule has 0 aliphatic carbocycles. The number of carboxylic acids is 1. The summed E-state index contributed by atoms with van der Waals surface area (Å²) in [6, 6.07) is 6.17. The van der Waals surface area contributed by atoms with Crippen molar-refractivity contribution in [2.45, 2.75) is 13.3 Å². The quantitative estimate of drug-likeness (QED) is 0.515. The molecule has 0 aromatic heterocycles. The number of carbonyl (C=O) groups is 1. The van der Waals surface area contributed by atoms with E-state index in [-0.39, 0.29) is 5.56 Å². The van der Waals surface area contributed by atoms with Gasteiger partial charge in [-0.3, -0.25) is 10.9 Å². The molecule has 92 valence electrons. The Morgan fingerprint density at radius 2 is 2.00 bits per heavy atom. The molecule has 0 fully saturated rings. The molecular formula is C11H14N3O2S-. The molecular weight excluding hydrogens is 238 g/mol. The molecule has 1 aromatic carbocycles. The van der Waals surface area contributed by atoms with Crippen molar-refractivity contribution < 1.29 is 9.90 Å². The summed E-state index contributed by atoms with van der Waals surface area (Å²) in [6.45, 7) is 2.85. The topological polar surface area (TPSA) is 76.2 Å². The zero-order valence-electron chi connectivity index (χ0n) is 9.45. The molecule has 0 saturated heterocycles. The first kappa shape index (κ1) is 13.2. The van der Waals surface area contributed by atoms with E-state index < -0.39 is 5.97 Å². The smallest absolute Gasteiger partial charge is 0.185 e. The van der Waals surface area contributed by atoms with Crippen LogP contribution in [-0.4, -0.2) is 17.6 Å². The van der Waals surface area contributed by atoms with E-state index in [2.05, 4.69) is 16.2 Å². The van der Waals surface area contributed by atoms with Crippen molar-refractivity contribution in [2.24, 2.45) is 0 Å². The van der Waals surface area contributed by atoms with Crippen LogP contribution in [0.3, 0.4) is 0 Å². The monoisotopic (exact) mass is 252 g/mol. The number of anilines is 1. The van der Waals surface area contributed by atoms with Gasteiger partial charge in [0.05, 0.1) is 11.7 Å². The number of carboxylic acid groups (broad SMARTS) is 1. The van der Waals surface area contributed by atoms with Gasteiger partial charge < -0.3 is 15.2 Å². The summed E-state index contributed by atoms with van der Waals surface area (Å²) in [6.07, 6.45) is 0.988. The van der Waals surface area contributed by atoms with Crippen molar-refractivity contribution in [1.29, 1.82) is 0 Å². The molecule has 1 aromatic rings. The van der Waals surface area contributed by atoms with Crippen molar-refractivity contribution in [3.63, 3.8) is 0 Å². The van der Waals surface area contributed by atoms with Crippen LogP contribution in [0.4, 0.5) is 5.69 Å². The third kappa shape index (κ3) is 4.69. The average molecular weight is 252 g/mol. The second-order valence-electron chi connectivity index (χ2n) is 3.37. The minimum Gasteiger partial charge on any atom is -0.545 e. The van der Waals surface area contributed by atoms with E-state index in [4.69, 9.17) is 12.2 Å². The summed E-state index contributed by atoms with van der Waals surface area (Å²) in [5, 5.41) is 14.0. The van der Waals surface area contributed by atoms with E-state index >= 15 is 0 Å². The van der Waals surface area contributed by atoms with Gasteiger partial charge in [-0.25, -0.2) is 0 Å². The van der Waals surface area contributed by atoms with Crippen LogP contribution in [0.25, 0.3) is 0 Å². The van der Waals surface area contributed by atoms with Crippen LogP contribution < -0.4 is 21.3 Å². The molecule has 3 N–H and O–H groups in total. The second-order valence-corrected chi connectivity index (χ2v) is 3.78. The van der Waals surface area contributed by atoms with E-state index in [9.17, 15) is 9.90 Å². The van der Waals surface area contributed by atoms with Crippen molar-refractivity contribution in [2.75, 3.05) is 12.0 Å². The van der Waals surface area contributed by atoms with Gasteiger partial charge in [-0.2, -0.15) is 0 Å². The molecule has 0 radical (unpaired) electrons. The molecule has 0 atom stereocenters. The summed E-state index contributed by atoms with van der Waals surface area (Å²) in [5.41, 5.74) is 6.50. The van der Waals surface area contributed by atoms with E-state index in [0.29, 0.717) is 5.11 Å². The van der Waals surface area contributed by atoms with Gasteiger partial charge in [-0.05, 0) is 36.3 Å². The zero-order chi connectivity index (χ0) is 12.7. The number of carbonyl (C=O) groups excluding carboxylic acids is 1. The third-order valence-corrected chi connectivity index (χ3v) is 2.22. The average Bonchev–Trinajstić information content (AvgIpc) is 2.34. The number of aromatic carboxylic acids is 1. The molecule has 0 aliphatic rings. The predicted octanol–water partition coefficient (Wildman–Crippen LogP) is 0.251. The normalized spacial score (nSPS) is 9.47. The number of hydrogen-bond acceptors (Lipinski definition) is 4. The lowest BCUT2D eigenvalue weighted by molar-refractivity contribution is -0.255. The first-order valence-corrected chi connectivity index (χ1v) is 5.65. The van der Waals surface area contributed by atoms with Crippen LogP contribution in [0.15, 0.2) is 24.3 Å². The summed E-state index contributed by atoms with van der Waals surface area (Å²) in [4.78, 5) is 10.5. The van der Waals surface area contributed by atoms with E-state index in [0.717, 1.165) is 18.7 Å². The summed E-state index contributed by atoms with van der Waals surface area (Å²) >= 11 is 5.00. The SMILES string of the molecule is CCCNC(=S)NNc1ccc(C(=O)[O-])cc1. The Bertz CT molecular complexity index is 392. The van der Waals surface area contributed by atoms with E-state index in [1.165, 1.54) is 12.1 Å². The van der Waals surface area contributed by atoms with Crippen LogP contribution in [0.2, 0.25) is 0 Å². The van der Waals surface area contributed by atoms with Crippen LogP contribution in [0.1, 0.15) is 23.7 Å². The Hall–Kier alpha value is -1.82. The number of benzene rings is 1. The number of hydrazine groups is 1. The van der Waals surface area contributed by atoms with E-state index in [1.807, 2.05) is 6.92 Å². The number of hydrogen-bond donors (Lipinski definition) is 3. The first-order chi connectivity index (χ1) is 8.13. The Kier molecular flexibility index (Phi) is 5.22. The summed E-state index contributed by atoms with van der Waals surface area (Å²) in [7, 11) is 0. The fraction of sp³-hybridized carbons (Fsp3) is 0.273. The molecule has 6 heteroatoms. The maximum Gasteiger partial charge on any atom is 0.185 e. The fourth-order valence-corrected chi connectivity index (χ4v) is 1.25. The number of thiocarbonyl (C=S) groups is 1. The Morgan fingerprint density at radius 1 is 1.35 bits per heavy atom. The third-order valence-electron chi connectivity index (χ3n) is 1.98. The minimum atomic E-state index is -1.19.